The molecule has 0 bridgehead atoms. The quantitative estimate of drug-likeness (QED) is 0.0161. The molecule has 0 aromatic heterocycles. The normalized spacial score (nSPS) is 14.1. The lowest BCUT2D eigenvalue weighted by atomic mass is 10.0. The van der Waals surface area contributed by atoms with Crippen LogP contribution in [0.1, 0.15) is 271 Å². The first kappa shape index (κ1) is 68.0. The van der Waals surface area contributed by atoms with E-state index in [0.29, 0.717) is 17.4 Å². The predicted octanol–water partition coefficient (Wildman–Crippen LogP) is 17.1. The number of likely N-dealkylation sites (N-methyl/N-ethyl adjacent to an activating group) is 1. The molecule has 0 aliphatic carbocycles. The Morgan fingerprint density at radius 2 is 0.871 bits per heavy atom. The van der Waals surface area contributed by atoms with Crippen LogP contribution in [0.3, 0.4) is 0 Å². The standard InChI is InChI=1S/C60H113N2O7P/c1-7-10-13-16-19-22-25-28-30-32-34-37-40-43-46-49-52-59(63)61-57(56-68-70(65,66)67-55-54-62(4,5)6)58(51-48-45-42-39-36-33-27-24-21-18-15-12-9-3)69-60(64)53-50-47-44-41-38-35-31-29-26-23-20-17-14-11-8-2/h23,26,30,32,34,37,48,51,57-58H,7-22,24-25,27-29,31,33,35-36,38-47,49-50,52-56H2,1-6H3,(H-,61,63,65,66)/b26-23-,32-30+,37-34+,51-48+. The van der Waals surface area contributed by atoms with Gasteiger partial charge in [0.1, 0.15) is 19.3 Å². The van der Waals surface area contributed by atoms with Crippen molar-refractivity contribution in [3.8, 4) is 0 Å². The zero-order chi connectivity index (χ0) is 51.5. The van der Waals surface area contributed by atoms with Gasteiger partial charge >= 0.3 is 5.97 Å². The van der Waals surface area contributed by atoms with Crippen LogP contribution in [0.15, 0.2) is 48.6 Å². The largest absolute Gasteiger partial charge is 0.756 e. The highest BCUT2D eigenvalue weighted by molar-refractivity contribution is 7.45. The number of phosphoric acid groups is 1. The summed E-state index contributed by atoms with van der Waals surface area (Å²) in [6, 6.07) is -0.902. The highest BCUT2D eigenvalue weighted by atomic mass is 31.2. The topological polar surface area (TPSA) is 114 Å². The van der Waals surface area contributed by atoms with Crippen LogP contribution < -0.4 is 10.2 Å². The summed E-state index contributed by atoms with van der Waals surface area (Å²) in [6.07, 6.45) is 60.7. The summed E-state index contributed by atoms with van der Waals surface area (Å²) < 4.78 is 30.2. The van der Waals surface area contributed by atoms with E-state index in [-0.39, 0.29) is 31.3 Å². The predicted molar refractivity (Wildman–Crippen MR) is 298 cm³/mol. The third-order valence-corrected chi connectivity index (χ3v) is 14.0. The summed E-state index contributed by atoms with van der Waals surface area (Å²) in [5.74, 6) is -0.572. The van der Waals surface area contributed by atoms with E-state index in [4.69, 9.17) is 13.8 Å². The van der Waals surface area contributed by atoms with Gasteiger partial charge in [0, 0.05) is 12.8 Å². The molecule has 3 atom stereocenters. The maximum atomic E-state index is 13.5. The van der Waals surface area contributed by atoms with Crippen molar-refractivity contribution in [3.05, 3.63) is 48.6 Å². The summed E-state index contributed by atoms with van der Waals surface area (Å²) in [6.45, 7) is 6.81. The minimum Gasteiger partial charge on any atom is -0.756 e. The first-order chi connectivity index (χ1) is 33.9. The number of esters is 1. The van der Waals surface area contributed by atoms with E-state index in [1.807, 2.05) is 33.3 Å². The number of phosphoric ester groups is 1. The monoisotopic (exact) mass is 1000 g/mol. The van der Waals surface area contributed by atoms with Gasteiger partial charge in [0.2, 0.25) is 5.91 Å². The first-order valence-electron chi connectivity index (χ1n) is 29.5. The SMILES string of the molecule is CCCCCC/C=C\CCCCCCCCCC(=O)OC(/C=C/CCCCCCCCCCCCC)C(COP(=O)([O-])OCC[N+](C)(C)C)NC(=O)CCCCC/C=C/C=C/CCCCCCCCC. The molecule has 0 spiro atoms. The molecule has 9 nitrogen and oxygen atoms in total. The number of unbranched alkanes of at least 4 members (excludes halogenated alkanes) is 32. The third-order valence-electron chi connectivity index (χ3n) is 13.0. The van der Waals surface area contributed by atoms with Gasteiger partial charge in [-0.3, -0.25) is 14.2 Å². The number of hydrogen-bond acceptors (Lipinski definition) is 7. The highest BCUT2D eigenvalue weighted by Crippen LogP contribution is 2.38. The molecule has 1 N–H and O–H groups in total. The number of quaternary nitrogens is 1. The van der Waals surface area contributed by atoms with Crippen LogP contribution in [0.5, 0.6) is 0 Å². The summed E-state index contributed by atoms with van der Waals surface area (Å²) in [4.78, 5) is 39.9. The number of carbonyl (C=O) groups is 2. The second kappa shape index (κ2) is 50.5. The van der Waals surface area contributed by atoms with E-state index in [1.165, 1.54) is 154 Å². The van der Waals surface area contributed by atoms with Crippen molar-refractivity contribution < 1.29 is 37.3 Å². The fraction of sp³-hybridized carbons (Fsp3) is 0.833. The van der Waals surface area contributed by atoms with Crippen molar-refractivity contribution in [2.75, 3.05) is 40.9 Å². The Bertz CT molecular complexity index is 1340. The van der Waals surface area contributed by atoms with Gasteiger partial charge in [-0.25, -0.2) is 0 Å². The molecule has 1 amide bonds. The van der Waals surface area contributed by atoms with Gasteiger partial charge in [0.15, 0.2) is 0 Å². The Kier molecular flexibility index (Phi) is 49.0. The summed E-state index contributed by atoms with van der Waals surface area (Å²) in [7, 11) is 1.17. The zero-order valence-electron chi connectivity index (χ0n) is 46.7. The lowest BCUT2D eigenvalue weighted by Crippen LogP contribution is -2.47. The second-order valence-electron chi connectivity index (χ2n) is 21.2. The van der Waals surface area contributed by atoms with E-state index in [1.54, 1.807) is 0 Å². The number of nitrogens with zero attached hydrogens (tertiary/aromatic N) is 1. The van der Waals surface area contributed by atoms with Gasteiger partial charge in [-0.05, 0) is 83.1 Å². The molecule has 0 rings (SSSR count). The highest BCUT2D eigenvalue weighted by Gasteiger charge is 2.27. The van der Waals surface area contributed by atoms with Crippen molar-refractivity contribution in [2.24, 2.45) is 0 Å². The minimum atomic E-state index is -4.70. The van der Waals surface area contributed by atoms with Gasteiger partial charge < -0.3 is 28.5 Å². The molecule has 70 heavy (non-hydrogen) atoms. The van der Waals surface area contributed by atoms with E-state index in [0.717, 1.165) is 77.0 Å². The van der Waals surface area contributed by atoms with Crippen LogP contribution in [-0.4, -0.2) is 69.4 Å². The first-order valence-corrected chi connectivity index (χ1v) is 30.9. The Labute approximate surface area is 433 Å². The zero-order valence-corrected chi connectivity index (χ0v) is 47.6. The molecule has 10 heteroatoms. The molecule has 0 aromatic rings. The molecule has 3 unspecified atom stereocenters. The third kappa shape index (κ3) is 50.9. The fourth-order valence-electron chi connectivity index (χ4n) is 8.39. The average Bonchev–Trinajstić information content (AvgIpc) is 3.32. The number of amides is 1. The molecule has 0 saturated heterocycles. The molecular formula is C60H113N2O7P. The van der Waals surface area contributed by atoms with Crippen molar-refractivity contribution in [1.29, 1.82) is 0 Å². The van der Waals surface area contributed by atoms with Gasteiger partial charge in [-0.15, -0.1) is 0 Å². The maximum Gasteiger partial charge on any atom is 0.306 e. The maximum absolute atomic E-state index is 13.5. The number of carbonyl (C=O) groups excluding carboxylic acids is 2. The fourth-order valence-corrected chi connectivity index (χ4v) is 9.11. The number of nitrogens with one attached hydrogen (secondary N) is 1. The van der Waals surface area contributed by atoms with Crippen LogP contribution in [0.2, 0.25) is 0 Å². The van der Waals surface area contributed by atoms with Crippen LogP contribution in [-0.2, 0) is 27.9 Å². The number of rotatable bonds is 53. The Hall–Kier alpha value is -2.03. The van der Waals surface area contributed by atoms with Crippen molar-refractivity contribution in [2.45, 2.75) is 283 Å². The van der Waals surface area contributed by atoms with Crippen LogP contribution >= 0.6 is 7.82 Å². The summed E-state index contributed by atoms with van der Waals surface area (Å²) in [5, 5.41) is 3.01. The summed E-state index contributed by atoms with van der Waals surface area (Å²) >= 11 is 0. The van der Waals surface area contributed by atoms with E-state index < -0.39 is 26.6 Å². The van der Waals surface area contributed by atoms with Gasteiger partial charge in [0.25, 0.3) is 7.82 Å². The van der Waals surface area contributed by atoms with Crippen LogP contribution in [0.25, 0.3) is 0 Å². The smallest absolute Gasteiger partial charge is 0.306 e. The molecule has 0 aliphatic rings. The summed E-state index contributed by atoms with van der Waals surface area (Å²) in [5.41, 5.74) is 0. The van der Waals surface area contributed by atoms with Gasteiger partial charge in [-0.2, -0.15) is 0 Å². The van der Waals surface area contributed by atoms with Crippen LogP contribution in [0.4, 0.5) is 0 Å². The van der Waals surface area contributed by atoms with E-state index in [2.05, 4.69) is 62.5 Å². The molecule has 0 saturated carbocycles. The molecule has 410 valence electrons. The average molecular weight is 1010 g/mol. The molecule has 0 heterocycles. The molecule has 0 aromatic carbocycles. The molecular weight excluding hydrogens is 892 g/mol. The van der Waals surface area contributed by atoms with E-state index in [9.17, 15) is 19.0 Å². The number of hydrogen-bond donors (Lipinski definition) is 1. The Balaban J connectivity index is 5.40. The van der Waals surface area contributed by atoms with E-state index >= 15 is 0 Å². The van der Waals surface area contributed by atoms with Crippen LogP contribution in [0, 0.1) is 0 Å². The minimum absolute atomic E-state index is 0.0279. The lowest BCUT2D eigenvalue weighted by molar-refractivity contribution is -0.870. The van der Waals surface area contributed by atoms with Gasteiger partial charge in [0.05, 0.1) is 33.8 Å². The van der Waals surface area contributed by atoms with Crippen molar-refractivity contribution >= 4 is 19.7 Å². The number of ether oxygens (including phenoxy) is 1. The van der Waals surface area contributed by atoms with Gasteiger partial charge in [-0.1, -0.05) is 224 Å². The Morgan fingerprint density at radius 1 is 0.500 bits per heavy atom. The molecule has 0 fully saturated rings. The molecule has 0 aliphatic heterocycles. The Morgan fingerprint density at radius 3 is 1.33 bits per heavy atom. The van der Waals surface area contributed by atoms with Crippen molar-refractivity contribution in [3.63, 3.8) is 0 Å². The lowest BCUT2D eigenvalue weighted by Gasteiger charge is -2.30. The number of allylic oxidation sites excluding steroid dienone is 7. The second-order valence-corrected chi connectivity index (χ2v) is 22.6. The molecule has 0 radical (unpaired) electrons. The van der Waals surface area contributed by atoms with Crippen molar-refractivity contribution in [1.82, 2.24) is 5.32 Å².